The van der Waals surface area contributed by atoms with E-state index in [9.17, 15) is 4.79 Å². The lowest BCUT2D eigenvalue weighted by atomic mass is 10.0. The van der Waals surface area contributed by atoms with Crippen LogP contribution in [0.3, 0.4) is 0 Å². The van der Waals surface area contributed by atoms with E-state index in [1.165, 1.54) is 0 Å². The number of nitrogens with zero attached hydrogens (tertiary/aromatic N) is 1. The second kappa shape index (κ2) is 8.52. The zero-order valence-electron chi connectivity index (χ0n) is 11.5. The van der Waals surface area contributed by atoms with E-state index in [2.05, 4.69) is 17.5 Å². The van der Waals surface area contributed by atoms with Crippen molar-refractivity contribution in [2.45, 2.75) is 6.42 Å². The van der Waals surface area contributed by atoms with Gasteiger partial charge in [-0.25, -0.2) is 0 Å². The monoisotopic (exact) mass is 317 g/mol. The topological polar surface area (TPSA) is 38.8 Å². The van der Waals surface area contributed by atoms with Gasteiger partial charge in [-0.1, -0.05) is 0 Å². The van der Waals surface area contributed by atoms with Crippen molar-refractivity contribution in [2.75, 3.05) is 40.0 Å². The van der Waals surface area contributed by atoms with Crippen molar-refractivity contribution in [1.29, 1.82) is 0 Å². The molecule has 0 bridgehead atoms. The fourth-order valence-corrected chi connectivity index (χ4v) is 2.43. The summed E-state index contributed by atoms with van der Waals surface area (Å²) >= 11 is 3.93. The van der Waals surface area contributed by atoms with Crippen molar-refractivity contribution in [3.05, 3.63) is 29.3 Å². The Bertz CT molecular complexity index is 450. The Balaban J connectivity index is 0.00000200. The standard InChI is InChI=1S/C14H19NO3S.ClH/c1-17-12-2-3-13(14(16)19)11(10-12)4-5-15-6-8-18-9-7-15;/h2-3,10H,4-9H2,1H3,(H,16,19);1H. The van der Waals surface area contributed by atoms with Crippen LogP contribution < -0.4 is 4.74 Å². The number of carbonyl (C=O) groups excluding carboxylic acids is 1. The van der Waals surface area contributed by atoms with Crippen LogP contribution in [0.1, 0.15) is 15.9 Å². The maximum absolute atomic E-state index is 11.5. The van der Waals surface area contributed by atoms with Gasteiger partial charge in [-0.2, -0.15) is 0 Å². The van der Waals surface area contributed by atoms with Crippen LogP contribution in [-0.2, 0) is 11.2 Å². The Morgan fingerprint density at radius 2 is 2.10 bits per heavy atom. The second-order valence-electron chi connectivity index (χ2n) is 4.53. The molecule has 0 spiro atoms. The molecule has 1 saturated heterocycles. The molecule has 1 fully saturated rings. The minimum atomic E-state index is -0.195. The quantitative estimate of drug-likeness (QED) is 0.844. The van der Waals surface area contributed by atoms with Crippen LogP contribution in [0.5, 0.6) is 5.75 Å². The first-order chi connectivity index (χ1) is 9.20. The minimum absolute atomic E-state index is 0. The number of methoxy groups -OCH3 is 1. The third kappa shape index (κ3) is 4.66. The minimum Gasteiger partial charge on any atom is -0.497 e. The van der Waals surface area contributed by atoms with Gasteiger partial charge in [0.05, 0.1) is 20.3 Å². The molecule has 0 radical (unpaired) electrons. The Morgan fingerprint density at radius 1 is 1.40 bits per heavy atom. The summed E-state index contributed by atoms with van der Waals surface area (Å²) in [6.07, 6.45) is 0.818. The molecule has 2 rings (SSSR count). The molecule has 0 unspecified atom stereocenters. The molecule has 0 saturated carbocycles. The highest BCUT2D eigenvalue weighted by atomic mass is 35.5. The zero-order valence-corrected chi connectivity index (χ0v) is 13.2. The lowest BCUT2D eigenvalue weighted by Crippen LogP contribution is -2.37. The lowest BCUT2D eigenvalue weighted by molar-refractivity contribution is 0.0384. The molecule has 0 amide bonds. The van der Waals surface area contributed by atoms with E-state index < -0.39 is 0 Å². The number of halogens is 1. The van der Waals surface area contributed by atoms with Gasteiger partial charge in [-0.3, -0.25) is 9.69 Å². The third-order valence-electron chi connectivity index (χ3n) is 3.34. The molecule has 4 nitrogen and oxygen atoms in total. The summed E-state index contributed by atoms with van der Waals surface area (Å²) in [5, 5.41) is -0.195. The molecular weight excluding hydrogens is 298 g/mol. The molecule has 1 aromatic rings. The first-order valence-electron chi connectivity index (χ1n) is 6.41. The van der Waals surface area contributed by atoms with Gasteiger partial charge in [0.15, 0.2) is 0 Å². The van der Waals surface area contributed by atoms with Crippen molar-refractivity contribution < 1.29 is 14.3 Å². The molecule has 0 atom stereocenters. The number of rotatable bonds is 5. The fraction of sp³-hybridized carbons (Fsp3) is 0.500. The molecule has 6 heteroatoms. The number of hydrogen-bond donors (Lipinski definition) is 1. The molecule has 1 aromatic carbocycles. The Labute approximate surface area is 131 Å². The van der Waals surface area contributed by atoms with E-state index in [1.807, 2.05) is 6.07 Å². The average molecular weight is 318 g/mol. The van der Waals surface area contributed by atoms with Crippen LogP contribution in [0.4, 0.5) is 0 Å². The Hall–Kier alpha value is -0.750. The van der Waals surface area contributed by atoms with E-state index in [0.717, 1.165) is 50.6 Å². The second-order valence-corrected chi connectivity index (χ2v) is 4.94. The summed E-state index contributed by atoms with van der Waals surface area (Å²) in [6, 6.07) is 5.49. The van der Waals surface area contributed by atoms with E-state index in [1.54, 1.807) is 19.2 Å². The maximum atomic E-state index is 11.5. The molecule has 1 aliphatic heterocycles. The van der Waals surface area contributed by atoms with Crippen LogP contribution >= 0.6 is 25.0 Å². The summed E-state index contributed by atoms with van der Waals surface area (Å²) in [5.74, 6) is 0.773. The van der Waals surface area contributed by atoms with Gasteiger partial charge in [0, 0.05) is 25.2 Å². The van der Waals surface area contributed by atoms with Gasteiger partial charge in [-0.15, -0.1) is 25.0 Å². The first-order valence-corrected chi connectivity index (χ1v) is 6.85. The van der Waals surface area contributed by atoms with Crippen LogP contribution in [-0.4, -0.2) is 50.0 Å². The highest BCUT2D eigenvalue weighted by Crippen LogP contribution is 2.20. The van der Waals surface area contributed by atoms with Crippen LogP contribution in [0.2, 0.25) is 0 Å². The van der Waals surface area contributed by atoms with Gasteiger partial charge >= 0.3 is 0 Å². The van der Waals surface area contributed by atoms with Gasteiger partial charge in [0.2, 0.25) is 5.12 Å². The fourth-order valence-electron chi connectivity index (χ4n) is 2.22. The third-order valence-corrected chi connectivity index (χ3v) is 3.58. The molecule has 112 valence electrons. The first kappa shape index (κ1) is 17.3. The largest absolute Gasteiger partial charge is 0.497 e. The van der Waals surface area contributed by atoms with E-state index in [-0.39, 0.29) is 17.5 Å². The predicted octanol–water partition coefficient (Wildman–Crippen LogP) is 2.06. The summed E-state index contributed by atoms with van der Waals surface area (Å²) < 4.78 is 10.5. The molecule has 0 N–H and O–H groups in total. The number of benzene rings is 1. The van der Waals surface area contributed by atoms with Crippen LogP contribution in [0.25, 0.3) is 0 Å². The Kier molecular flexibility index (Phi) is 7.37. The van der Waals surface area contributed by atoms with Gasteiger partial charge in [-0.05, 0) is 30.2 Å². The van der Waals surface area contributed by atoms with Crippen molar-refractivity contribution >= 4 is 30.2 Å². The van der Waals surface area contributed by atoms with E-state index >= 15 is 0 Å². The SMILES string of the molecule is COc1ccc(C(=O)S)c(CCN2CCOCC2)c1.Cl. The number of carbonyl (C=O) groups is 1. The smallest absolute Gasteiger partial charge is 0.216 e. The van der Waals surface area contributed by atoms with Crippen LogP contribution in [0.15, 0.2) is 18.2 Å². The van der Waals surface area contributed by atoms with Crippen molar-refractivity contribution in [2.24, 2.45) is 0 Å². The summed E-state index contributed by atoms with van der Waals surface area (Å²) in [6.45, 7) is 4.40. The number of hydrogen-bond acceptors (Lipinski definition) is 4. The van der Waals surface area contributed by atoms with E-state index in [4.69, 9.17) is 9.47 Å². The number of thiol groups is 1. The van der Waals surface area contributed by atoms with Crippen molar-refractivity contribution in [3.8, 4) is 5.75 Å². The lowest BCUT2D eigenvalue weighted by Gasteiger charge is -2.26. The van der Waals surface area contributed by atoms with Crippen molar-refractivity contribution in [3.63, 3.8) is 0 Å². The summed E-state index contributed by atoms with van der Waals surface area (Å²) in [4.78, 5) is 13.8. The number of ether oxygens (including phenoxy) is 2. The predicted molar refractivity (Wildman–Crippen MR) is 84.5 cm³/mol. The summed E-state index contributed by atoms with van der Waals surface area (Å²) in [7, 11) is 1.63. The maximum Gasteiger partial charge on any atom is 0.216 e. The molecule has 1 aliphatic rings. The highest BCUT2D eigenvalue weighted by Gasteiger charge is 2.13. The highest BCUT2D eigenvalue weighted by molar-refractivity contribution is 7.97. The van der Waals surface area contributed by atoms with Gasteiger partial charge in [0.25, 0.3) is 0 Å². The Morgan fingerprint density at radius 3 is 2.70 bits per heavy atom. The molecule has 1 heterocycles. The molecular formula is C14H20ClNO3S. The normalized spacial score (nSPS) is 15.5. The number of morpholine rings is 1. The average Bonchev–Trinajstić information content (AvgIpc) is 2.45. The van der Waals surface area contributed by atoms with E-state index in [0.29, 0.717) is 5.56 Å². The van der Waals surface area contributed by atoms with Gasteiger partial charge < -0.3 is 9.47 Å². The summed E-state index contributed by atoms with van der Waals surface area (Å²) in [5.41, 5.74) is 1.66. The molecule has 0 aliphatic carbocycles. The van der Waals surface area contributed by atoms with Gasteiger partial charge in [0.1, 0.15) is 5.75 Å². The molecule has 20 heavy (non-hydrogen) atoms. The molecule has 0 aromatic heterocycles. The van der Waals surface area contributed by atoms with Crippen LogP contribution in [0, 0.1) is 0 Å². The zero-order chi connectivity index (χ0) is 13.7. The van der Waals surface area contributed by atoms with Crippen molar-refractivity contribution in [1.82, 2.24) is 4.90 Å².